The molecule has 1 heterocycles. The van der Waals surface area contributed by atoms with Crippen LogP contribution in [0.5, 0.6) is 0 Å². The summed E-state index contributed by atoms with van der Waals surface area (Å²) in [7, 11) is 0. The Morgan fingerprint density at radius 2 is 2.30 bits per heavy atom. The Morgan fingerprint density at radius 3 is 2.90 bits per heavy atom. The monoisotopic (exact) mass is 275 g/mol. The fraction of sp³-hybridized carbons (Fsp3) is 0.600. The van der Waals surface area contributed by atoms with Crippen LogP contribution < -0.4 is 5.32 Å². The number of para-hydroxylation sites is 1. The molecule has 1 saturated carbocycles. The highest BCUT2D eigenvalue weighted by Gasteiger charge is 2.37. The summed E-state index contributed by atoms with van der Waals surface area (Å²) in [6.07, 6.45) is 3.96. The van der Waals surface area contributed by atoms with Crippen LogP contribution in [0.25, 0.3) is 0 Å². The van der Waals surface area contributed by atoms with Crippen LogP contribution in [0.15, 0.2) is 18.2 Å². The van der Waals surface area contributed by atoms with Crippen molar-refractivity contribution in [1.82, 2.24) is 4.90 Å². The summed E-state index contributed by atoms with van der Waals surface area (Å²) in [5.74, 6) is 0.848. The van der Waals surface area contributed by atoms with Gasteiger partial charge < -0.3 is 5.32 Å². The minimum atomic E-state index is -0.294. The molecular formula is C15H21N3O2. The summed E-state index contributed by atoms with van der Waals surface area (Å²) in [4.78, 5) is 13.4. The van der Waals surface area contributed by atoms with E-state index in [1.165, 1.54) is 19.3 Å². The second kappa shape index (κ2) is 5.40. The lowest BCUT2D eigenvalue weighted by Gasteiger charge is -2.27. The first-order valence-corrected chi connectivity index (χ1v) is 7.43. The Morgan fingerprint density at radius 1 is 1.45 bits per heavy atom. The third kappa shape index (κ3) is 2.38. The summed E-state index contributed by atoms with van der Waals surface area (Å²) in [6, 6.07) is 6.07. The topological polar surface area (TPSA) is 58.4 Å². The Kier molecular flexibility index (Phi) is 3.61. The van der Waals surface area contributed by atoms with Gasteiger partial charge in [-0.2, -0.15) is 0 Å². The highest BCUT2D eigenvalue weighted by Crippen LogP contribution is 2.39. The van der Waals surface area contributed by atoms with Crippen molar-refractivity contribution in [2.45, 2.75) is 38.8 Å². The molecule has 1 N–H and O–H groups in total. The van der Waals surface area contributed by atoms with Crippen LogP contribution in [-0.2, 0) is 6.54 Å². The molecule has 1 aromatic carbocycles. The highest BCUT2D eigenvalue weighted by molar-refractivity contribution is 5.66. The fourth-order valence-corrected chi connectivity index (χ4v) is 3.69. The van der Waals surface area contributed by atoms with Gasteiger partial charge in [0, 0.05) is 31.7 Å². The molecule has 5 nitrogen and oxygen atoms in total. The molecule has 2 aliphatic rings. The van der Waals surface area contributed by atoms with E-state index in [0.29, 0.717) is 18.3 Å². The third-order valence-corrected chi connectivity index (χ3v) is 4.58. The second-order valence-corrected chi connectivity index (χ2v) is 5.86. The number of fused-ring (bicyclic) bond motifs is 2. The number of piperidine rings is 1. The van der Waals surface area contributed by atoms with Gasteiger partial charge in [0.05, 0.1) is 4.92 Å². The average molecular weight is 275 g/mol. The Labute approximate surface area is 119 Å². The van der Waals surface area contributed by atoms with Crippen molar-refractivity contribution in [2.75, 3.05) is 18.4 Å². The SMILES string of the molecule is CCNc1c(CN2CC3CCC2C3)cccc1[N+](=O)[O-]. The summed E-state index contributed by atoms with van der Waals surface area (Å²) in [5, 5.41) is 14.3. The molecule has 20 heavy (non-hydrogen) atoms. The van der Waals surface area contributed by atoms with E-state index in [1.54, 1.807) is 12.1 Å². The van der Waals surface area contributed by atoms with Crippen LogP contribution in [0.1, 0.15) is 31.7 Å². The molecule has 5 heteroatoms. The Hall–Kier alpha value is -1.62. The molecule has 3 rings (SSSR count). The van der Waals surface area contributed by atoms with Crippen LogP contribution >= 0.6 is 0 Å². The van der Waals surface area contributed by atoms with Crippen molar-refractivity contribution in [1.29, 1.82) is 0 Å². The first-order chi connectivity index (χ1) is 9.69. The van der Waals surface area contributed by atoms with Crippen molar-refractivity contribution in [3.8, 4) is 0 Å². The van der Waals surface area contributed by atoms with Gasteiger partial charge in [0.15, 0.2) is 0 Å². The zero-order valence-electron chi connectivity index (χ0n) is 11.8. The van der Waals surface area contributed by atoms with Crippen LogP contribution in [0.3, 0.4) is 0 Å². The van der Waals surface area contributed by atoms with E-state index >= 15 is 0 Å². The van der Waals surface area contributed by atoms with Crippen molar-refractivity contribution in [3.05, 3.63) is 33.9 Å². The van der Waals surface area contributed by atoms with Crippen LogP contribution in [0, 0.1) is 16.0 Å². The summed E-state index contributed by atoms with van der Waals surface area (Å²) >= 11 is 0. The molecule has 0 amide bonds. The van der Waals surface area contributed by atoms with Crippen LogP contribution in [-0.4, -0.2) is 29.0 Å². The van der Waals surface area contributed by atoms with Gasteiger partial charge in [0.2, 0.25) is 0 Å². The van der Waals surface area contributed by atoms with E-state index in [4.69, 9.17) is 0 Å². The van der Waals surface area contributed by atoms with E-state index in [2.05, 4.69) is 10.2 Å². The van der Waals surface area contributed by atoms with Gasteiger partial charge in [-0.15, -0.1) is 0 Å². The smallest absolute Gasteiger partial charge is 0.292 e. The van der Waals surface area contributed by atoms with Crippen LogP contribution in [0.4, 0.5) is 11.4 Å². The lowest BCUT2D eigenvalue weighted by molar-refractivity contribution is -0.384. The largest absolute Gasteiger partial charge is 0.380 e. The molecule has 0 radical (unpaired) electrons. The predicted molar refractivity (Wildman–Crippen MR) is 78.8 cm³/mol. The molecule has 0 aromatic heterocycles. The van der Waals surface area contributed by atoms with Gasteiger partial charge in [0.25, 0.3) is 5.69 Å². The molecule has 1 aliphatic carbocycles. The quantitative estimate of drug-likeness (QED) is 0.663. The van der Waals surface area contributed by atoms with E-state index in [0.717, 1.165) is 24.6 Å². The normalized spacial score (nSPS) is 25.1. The maximum Gasteiger partial charge on any atom is 0.292 e. The minimum absolute atomic E-state index is 0.189. The highest BCUT2D eigenvalue weighted by atomic mass is 16.6. The second-order valence-electron chi connectivity index (χ2n) is 5.86. The number of nitrogens with one attached hydrogen (secondary N) is 1. The van der Waals surface area contributed by atoms with E-state index in [1.807, 2.05) is 13.0 Å². The molecule has 0 spiro atoms. The lowest BCUT2D eigenvalue weighted by atomic mass is 10.1. The van der Waals surface area contributed by atoms with Gasteiger partial charge in [-0.1, -0.05) is 12.1 Å². The van der Waals surface area contributed by atoms with E-state index < -0.39 is 0 Å². The van der Waals surface area contributed by atoms with Gasteiger partial charge in [-0.3, -0.25) is 15.0 Å². The molecule has 1 aromatic rings. The molecule has 2 bridgehead atoms. The zero-order valence-corrected chi connectivity index (χ0v) is 11.8. The Balaban J connectivity index is 1.84. The summed E-state index contributed by atoms with van der Waals surface area (Å²) < 4.78 is 0. The van der Waals surface area contributed by atoms with E-state index in [-0.39, 0.29) is 10.6 Å². The molecule has 2 unspecified atom stereocenters. The number of hydrogen-bond acceptors (Lipinski definition) is 4. The number of nitrogens with zero attached hydrogens (tertiary/aromatic N) is 2. The number of likely N-dealkylation sites (tertiary alicyclic amines) is 1. The maximum atomic E-state index is 11.2. The molecular weight excluding hydrogens is 254 g/mol. The average Bonchev–Trinajstić information content (AvgIpc) is 3.03. The van der Waals surface area contributed by atoms with Gasteiger partial charge in [0.1, 0.15) is 5.69 Å². The molecule has 1 aliphatic heterocycles. The summed E-state index contributed by atoms with van der Waals surface area (Å²) in [6.45, 7) is 4.65. The predicted octanol–water partition coefficient (Wildman–Crippen LogP) is 3.01. The van der Waals surface area contributed by atoms with Crippen molar-refractivity contribution >= 4 is 11.4 Å². The third-order valence-electron chi connectivity index (χ3n) is 4.58. The number of benzene rings is 1. The standard InChI is InChI=1S/C15H21N3O2/c1-2-16-15-12(4-3-5-14(15)18(19)20)10-17-9-11-6-7-13(17)8-11/h3-5,11,13,16H,2,6-10H2,1H3. The first kappa shape index (κ1) is 13.4. The van der Waals surface area contributed by atoms with Gasteiger partial charge >= 0.3 is 0 Å². The Bertz CT molecular complexity index is 518. The van der Waals surface area contributed by atoms with Crippen molar-refractivity contribution < 1.29 is 4.92 Å². The molecule has 2 atom stereocenters. The van der Waals surface area contributed by atoms with E-state index in [9.17, 15) is 10.1 Å². The number of rotatable bonds is 5. The minimum Gasteiger partial charge on any atom is -0.380 e. The van der Waals surface area contributed by atoms with Crippen molar-refractivity contribution in [2.24, 2.45) is 5.92 Å². The molecule has 1 saturated heterocycles. The first-order valence-electron chi connectivity index (χ1n) is 7.43. The number of nitro groups is 1. The molecule has 2 fully saturated rings. The van der Waals surface area contributed by atoms with Crippen LogP contribution in [0.2, 0.25) is 0 Å². The number of anilines is 1. The van der Waals surface area contributed by atoms with Gasteiger partial charge in [-0.25, -0.2) is 0 Å². The fourth-order valence-electron chi connectivity index (χ4n) is 3.69. The number of hydrogen-bond donors (Lipinski definition) is 1. The van der Waals surface area contributed by atoms with Crippen molar-refractivity contribution in [3.63, 3.8) is 0 Å². The van der Waals surface area contributed by atoms with Gasteiger partial charge in [-0.05, 0) is 37.7 Å². The maximum absolute atomic E-state index is 11.2. The summed E-state index contributed by atoms with van der Waals surface area (Å²) in [5.41, 5.74) is 1.94. The number of nitro benzene ring substituents is 1. The lowest BCUT2D eigenvalue weighted by Crippen LogP contribution is -2.31. The molecule has 108 valence electrons. The zero-order chi connectivity index (χ0) is 14.1.